The molecule has 1 aromatic heterocycles. The maximum absolute atomic E-state index is 12.5. The van der Waals surface area contributed by atoms with Crippen molar-refractivity contribution in [2.24, 2.45) is 0 Å². The van der Waals surface area contributed by atoms with Crippen molar-refractivity contribution >= 4 is 23.2 Å². The van der Waals surface area contributed by atoms with Gasteiger partial charge in [0.05, 0.1) is 17.3 Å². The van der Waals surface area contributed by atoms with Crippen molar-refractivity contribution in [1.29, 1.82) is 0 Å². The average molecular weight is 393 g/mol. The molecular weight excluding hydrogens is 364 g/mol. The number of hydrogen-bond donors (Lipinski definition) is 0. The summed E-state index contributed by atoms with van der Waals surface area (Å²) in [7, 11) is 0. The van der Waals surface area contributed by atoms with E-state index in [1.165, 1.54) is 0 Å². The van der Waals surface area contributed by atoms with Crippen molar-refractivity contribution in [2.75, 3.05) is 39.4 Å². The minimum Gasteiger partial charge on any atom is -0.375 e. The summed E-state index contributed by atoms with van der Waals surface area (Å²) in [6.45, 7) is 4.02. The maximum atomic E-state index is 12.5. The van der Waals surface area contributed by atoms with Crippen molar-refractivity contribution in [1.82, 2.24) is 9.80 Å². The Kier molecular flexibility index (Phi) is 5.80. The van der Waals surface area contributed by atoms with Gasteiger partial charge < -0.3 is 19.3 Å². The van der Waals surface area contributed by atoms with Crippen LogP contribution in [0.2, 0.25) is 0 Å². The number of hydrogen-bond acceptors (Lipinski definition) is 5. The second-order valence-electron chi connectivity index (χ2n) is 7.85. The largest absolute Gasteiger partial charge is 0.375 e. The van der Waals surface area contributed by atoms with Crippen LogP contribution in [0, 0.1) is 0 Å². The first-order valence-corrected chi connectivity index (χ1v) is 10.9. The summed E-state index contributed by atoms with van der Waals surface area (Å²) in [6, 6.07) is 1.88. The van der Waals surface area contributed by atoms with Crippen LogP contribution in [-0.4, -0.2) is 72.7 Å². The summed E-state index contributed by atoms with van der Waals surface area (Å²) in [5.74, 6) is 0.232. The zero-order valence-electron chi connectivity index (χ0n) is 15.7. The number of piperidine rings is 1. The summed E-state index contributed by atoms with van der Waals surface area (Å²) in [4.78, 5) is 28.6. The Hall–Kier alpha value is -1.44. The van der Waals surface area contributed by atoms with E-state index in [4.69, 9.17) is 9.47 Å². The number of carbonyl (C=O) groups is 2. The second-order valence-corrected chi connectivity index (χ2v) is 8.63. The number of nitrogens with zero attached hydrogens (tertiary/aromatic N) is 2. The zero-order valence-corrected chi connectivity index (χ0v) is 16.5. The highest BCUT2D eigenvalue weighted by atomic mass is 32.1. The second kappa shape index (κ2) is 8.29. The van der Waals surface area contributed by atoms with Crippen LogP contribution < -0.4 is 0 Å². The summed E-state index contributed by atoms with van der Waals surface area (Å²) in [6.07, 6.45) is 5.61. The predicted octanol–water partition coefficient (Wildman–Crippen LogP) is 2.54. The van der Waals surface area contributed by atoms with Crippen LogP contribution >= 0.6 is 11.3 Å². The number of amides is 2. The molecule has 4 heterocycles. The fraction of sp³-hybridized carbons (Fsp3) is 0.700. The van der Waals surface area contributed by atoms with Gasteiger partial charge in [-0.25, -0.2) is 0 Å². The van der Waals surface area contributed by atoms with Gasteiger partial charge in [0.1, 0.15) is 6.61 Å². The molecule has 1 aromatic rings. The molecule has 0 saturated carbocycles. The van der Waals surface area contributed by atoms with Gasteiger partial charge in [-0.2, -0.15) is 11.3 Å². The maximum Gasteiger partial charge on any atom is 0.254 e. The van der Waals surface area contributed by atoms with Gasteiger partial charge in [0.2, 0.25) is 5.91 Å². The van der Waals surface area contributed by atoms with Gasteiger partial charge in [-0.15, -0.1) is 0 Å². The van der Waals surface area contributed by atoms with Crippen LogP contribution in [0.3, 0.4) is 0 Å². The van der Waals surface area contributed by atoms with Crippen LogP contribution in [0.25, 0.3) is 0 Å². The Morgan fingerprint density at radius 1 is 1.19 bits per heavy atom. The number of carbonyl (C=O) groups excluding carboxylic acids is 2. The molecule has 2 amide bonds. The quantitative estimate of drug-likeness (QED) is 0.790. The lowest BCUT2D eigenvalue weighted by molar-refractivity contribution is -0.161. The molecule has 1 spiro atoms. The van der Waals surface area contributed by atoms with Crippen molar-refractivity contribution in [3.05, 3.63) is 22.4 Å². The summed E-state index contributed by atoms with van der Waals surface area (Å²) < 4.78 is 12.1. The van der Waals surface area contributed by atoms with E-state index in [2.05, 4.69) is 0 Å². The van der Waals surface area contributed by atoms with E-state index in [-0.39, 0.29) is 30.1 Å². The van der Waals surface area contributed by atoms with E-state index < -0.39 is 0 Å². The smallest absolute Gasteiger partial charge is 0.254 e. The van der Waals surface area contributed by atoms with E-state index in [1.54, 1.807) is 11.3 Å². The normalized spacial score (nSPS) is 25.1. The first-order valence-electron chi connectivity index (χ1n) is 10.0. The molecule has 4 rings (SSSR count). The van der Waals surface area contributed by atoms with Crippen LogP contribution in [-0.2, 0) is 14.3 Å². The molecule has 7 heteroatoms. The van der Waals surface area contributed by atoms with E-state index >= 15 is 0 Å². The standard InChI is InChI=1S/C20H28N2O4S/c23-18(21-7-1-2-8-21)14-25-17-3-11-26-20(13-17)5-9-22(10-6-20)19(24)16-4-12-27-15-16/h4,12,15,17H,1-3,5-11,13-14H2. The van der Waals surface area contributed by atoms with Crippen LogP contribution in [0.5, 0.6) is 0 Å². The van der Waals surface area contributed by atoms with Crippen molar-refractivity contribution < 1.29 is 19.1 Å². The Balaban J connectivity index is 1.27. The van der Waals surface area contributed by atoms with E-state index in [0.717, 1.165) is 57.2 Å². The monoisotopic (exact) mass is 392 g/mol. The average Bonchev–Trinajstić information content (AvgIpc) is 3.40. The summed E-state index contributed by atoms with van der Waals surface area (Å²) in [5.41, 5.74) is 0.576. The highest BCUT2D eigenvalue weighted by Crippen LogP contribution is 2.36. The number of ether oxygens (including phenoxy) is 2. The molecule has 3 aliphatic heterocycles. The van der Waals surface area contributed by atoms with Gasteiger partial charge in [-0.1, -0.05) is 0 Å². The fourth-order valence-electron chi connectivity index (χ4n) is 4.41. The predicted molar refractivity (Wildman–Crippen MR) is 103 cm³/mol. The third kappa shape index (κ3) is 4.36. The topological polar surface area (TPSA) is 59.1 Å². The SMILES string of the molecule is O=C(COC1CCOC2(CCN(C(=O)c3ccsc3)CC2)C1)N1CCCC1. The number of thiophene rings is 1. The molecule has 27 heavy (non-hydrogen) atoms. The Bertz CT molecular complexity index is 649. The van der Waals surface area contributed by atoms with E-state index in [1.807, 2.05) is 26.6 Å². The summed E-state index contributed by atoms with van der Waals surface area (Å²) in [5, 5.41) is 3.85. The molecule has 0 aromatic carbocycles. The highest BCUT2D eigenvalue weighted by molar-refractivity contribution is 7.08. The molecular formula is C20H28N2O4S. The zero-order chi connectivity index (χ0) is 18.7. The molecule has 3 saturated heterocycles. The molecule has 1 unspecified atom stereocenters. The molecule has 148 valence electrons. The van der Waals surface area contributed by atoms with Gasteiger partial charge in [-0.05, 0) is 43.6 Å². The fourth-order valence-corrected chi connectivity index (χ4v) is 5.04. The van der Waals surface area contributed by atoms with Gasteiger partial charge >= 0.3 is 0 Å². The van der Waals surface area contributed by atoms with Crippen LogP contribution in [0.1, 0.15) is 48.9 Å². The van der Waals surface area contributed by atoms with Crippen molar-refractivity contribution in [3.63, 3.8) is 0 Å². The third-order valence-electron chi connectivity index (χ3n) is 6.08. The number of rotatable bonds is 4. The van der Waals surface area contributed by atoms with E-state index in [0.29, 0.717) is 19.7 Å². The Morgan fingerprint density at radius 2 is 1.96 bits per heavy atom. The number of likely N-dealkylation sites (tertiary alicyclic amines) is 2. The van der Waals surface area contributed by atoms with Crippen LogP contribution in [0.15, 0.2) is 16.8 Å². The van der Waals surface area contributed by atoms with Gasteiger partial charge in [0, 0.05) is 44.6 Å². The molecule has 0 N–H and O–H groups in total. The lowest BCUT2D eigenvalue weighted by Crippen LogP contribution is -2.52. The molecule has 0 aliphatic carbocycles. The highest BCUT2D eigenvalue weighted by Gasteiger charge is 2.41. The van der Waals surface area contributed by atoms with Gasteiger partial charge in [0.15, 0.2) is 0 Å². The Morgan fingerprint density at radius 3 is 2.67 bits per heavy atom. The van der Waals surface area contributed by atoms with Gasteiger partial charge in [-0.3, -0.25) is 9.59 Å². The molecule has 3 fully saturated rings. The summed E-state index contributed by atoms with van der Waals surface area (Å²) >= 11 is 1.55. The Labute approximate surface area is 164 Å². The lowest BCUT2D eigenvalue weighted by atomic mass is 9.83. The minimum atomic E-state index is -0.203. The first-order chi connectivity index (χ1) is 13.2. The molecule has 6 nitrogen and oxygen atoms in total. The molecule has 3 aliphatic rings. The first kappa shape index (κ1) is 18.9. The van der Waals surface area contributed by atoms with Crippen molar-refractivity contribution in [2.45, 2.75) is 50.2 Å². The third-order valence-corrected chi connectivity index (χ3v) is 6.76. The lowest BCUT2D eigenvalue weighted by Gasteiger charge is -2.46. The van der Waals surface area contributed by atoms with Crippen molar-refractivity contribution in [3.8, 4) is 0 Å². The molecule has 0 bridgehead atoms. The van der Waals surface area contributed by atoms with E-state index in [9.17, 15) is 9.59 Å². The molecule has 1 atom stereocenters. The molecule has 0 radical (unpaired) electrons. The van der Waals surface area contributed by atoms with Gasteiger partial charge in [0.25, 0.3) is 5.91 Å². The minimum absolute atomic E-state index is 0.0735. The van der Waals surface area contributed by atoms with Crippen LogP contribution in [0.4, 0.5) is 0 Å².